The van der Waals surface area contributed by atoms with E-state index in [1.54, 1.807) is 18.5 Å². The minimum absolute atomic E-state index is 0.189. The van der Waals surface area contributed by atoms with Crippen molar-refractivity contribution in [1.82, 2.24) is 25.5 Å². The van der Waals surface area contributed by atoms with Crippen molar-refractivity contribution in [3.8, 4) is 11.3 Å². The first kappa shape index (κ1) is 16.4. The van der Waals surface area contributed by atoms with Gasteiger partial charge in [0.05, 0.1) is 5.69 Å². The van der Waals surface area contributed by atoms with Crippen LogP contribution in [0.25, 0.3) is 22.2 Å². The van der Waals surface area contributed by atoms with Crippen molar-refractivity contribution in [2.45, 2.75) is 6.42 Å². The van der Waals surface area contributed by atoms with Gasteiger partial charge in [-0.15, -0.1) is 0 Å². The minimum Gasteiger partial charge on any atom is -0.361 e. The number of H-pyrrole nitrogens is 2. The fourth-order valence-electron chi connectivity index (χ4n) is 2.86. The van der Waals surface area contributed by atoms with E-state index < -0.39 is 0 Å². The lowest BCUT2D eigenvalue weighted by Crippen LogP contribution is -2.25. The van der Waals surface area contributed by atoms with Gasteiger partial charge in [0.2, 0.25) is 0 Å². The summed E-state index contributed by atoms with van der Waals surface area (Å²) in [7, 11) is 0. The number of benzene rings is 1. The molecule has 3 heterocycles. The number of nitrogens with one attached hydrogen (secondary N) is 3. The molecular formula is C19H16ClN5O. The van der Waals surface area contributed by atoms with Gasteiger partial charge in [-0.1, -0.05) is 11.6 Å². The predicted octanol–water partition coefficient (Wildman–Crippen LogP) is 3.58. The largest absolute Gasteiger partial charge is 0.361 e. The van der Waals surface area contributed by atoms with Crippen LogP contribution in [0.5, 0.6) is 0 Å². The molecule has 0 saturated heterocycles. The minimum atomic E-state index is -0.189. The van der Waals surface area contributed by atoms with Gasteiger partial charge in [-0.05, 0) is 48.4 Å². The number of hydrogen-bond acceptors (Lipinski definition) is 3. The van der Waals surface area contributed by atoms with Crippen molar-refractivity contribution in [1.29, 1.82) is 0 Å². The third-order valence-electron chi connectivity index (χ3n) is 4.19. The van der Waals surface area contributed by atoms with Crippen LogP contribution in [0.4, 0.5) is 0 Å². The molecule has 26 heavy (non-hydrogen) atoms. The highest BCUT2D eigenvalue weighted by Crippen LogP contribution is 2.22. The SMILES string of the molecule is O=C(NCCc1c[nH]c2ccc(Cl)cc12)c1cc(-c2cccnc2)n[nH]1. The topological polar surface area (TPSA) is 86.5 Å². The predicted molar refractivity (Wildman–Crippen MR) is 101 cm³/mol. The molecule has 4 rings (SSSR count). The Morgan fingerprint density at radius 1 is 1.23 bits per heavy atom. The van der Waals surface area contributed by atoms with E-state index in [2.05, 4.69) is 25.5 Å². The summed E-state index contributed by atoms with van der Waals surface area (Å²) in [6.07, 6.45) is 6.06. The number of carbonyl (C=O) groups excluding carboxylic acids is 1. The van der Waals surface area contributed by atoms with Crippen molar-refractivity contribution in [3.05, 3.63) is 71.3 Å². The molecule has 3 N–H and O–H groups in total. The van der Waals surface area contributed by atoms with Gasteiger partial charge in [-0.3, -0.25) is 14.9 Å². The number of nitrogens with zero attached hydrogens (tertiary/aromatic N) is 2. The summed E-state index contributed by atoms with van der Waals surface area (Å²) in [4.78, 5) is 19.6. The molecule has 1 amide bonds. The molecule has 3 aromatic heterocycles. The van der Waals surface area contributed by atoms with Crippen molar-refractivity contribution in [3.63, 3.8) is 0 Å². The van der Waals surface area contributed by atoms with Gasteiger partial charge in [-0.2, -0.15) is 5.10 Å². The highest BCUT2D eigenvalue weighted by atomic mass is 35.5. The molecule has 7 heteroatoms. The second kappa shape index (κ2) is 7.01. The van der Waals surface area contributed by atoms with Crippen LogP contribution in [-0.4, -0.2) is 32.6 Å². The zero-order chi connectivity index (χ0) is 17.9. The lowest BCUT2D eigenvalue weighted by atomic mass is 10.1. The Hall–Kier alpha value is -3.12. The number of hydrogen-bond donors (Lipinski definition) is 3. The Kier molecular flexibility index (Phi) is 4.41. The van der Waals surface area contributed by atoms with Gasteiger partial charge < -0.3 is 10.3 Å². The quantitative estimate of drug-likeness (QED) is 0.505. The molecule has 1 aromatic carbocycles. The third-order valence-corrected chi connectivity index (χ3v) is 4.42. The van der Waals surface area contributed by atoms with E-state index in [1.807, 2.05) is 36.5 Å². The molecule has 0 fully saturated rings. The van der Waals surface area contributed by atoms with Crippen LogP contribution in [0.1, 0.15) is 16.1 Å². The maximum absolute atomic E-state index is 12.3. The Labute approximate surface area is 154 Å². The summed E-state index contributed by atoms with van der Waals surface area (Å²) in [5, 5.41) is 11.6. The first-order chi connectivity index (χ1) is 12.7. The van der Waals surface area contributed by atoms with Gasteiger partial charge in [0.15, 0.2) is 0 Å². The van der Waals surface area contributed by atoms with Crippen molar-refractivity contribution in [2.75, 3.05) is 6.54 Å². The molecule has 130 valence electrons. The van der Waals surface area contributed by atoms with Crippen molar-refractivity contribution < 1.29 is 4.79 Å². The van der Waals surface area contributed by atoms with Crippen molar-refractivity contribution in [2.24, 2.45) is 0 Å². The van der Waals surface area contributed by atoms with Crippen LogP contribution in [0, 0.1) is 0 Å². The number of pyridine rings is 1. The summed E-state index contributed by atoms with van der Waals surface area (Å²) in [5.41, 5.74) is 4.12. The summed E-state index contributed by atoms with van der Waals surface area (Å²) < 4.78 is 0. The molecule has 0 saturated carbocycles. The fraction of sp³-hybridized carbons (Fsp3) is 0.105. The van der Waals surface area contributed by atoms with Gasteiger partial charge in [0.1, 0.15) is 5.69 Å². The maximum Gasteiger partial charge on any atom is 0.269 e. The summed E-state index contributed by atoms with van der Waals surface area (Å²) in [6, 6.07) is 11.2. The maximum atomic E-state index is 12.3. The number of carbonyl (C=O) groups is 1. The number of halogens is 1. The van der Waals surface area contributed by atoms with Crippen LogP contribution >= 0.6 is 11.6 Å². The molecule has 0 aliphatic heterocycles. The van der Waals surface area contributed by atoms with Crippen LogP contribution in [0.2, 0.25) is 5.02 Å². The smallest absolute Gasteiger partial charge is 0.269 e. The molecule has 0 bridgehead atoms. The molecule has 0 unspecified atom stereocenters. The van der Waals surface area contributed by atoms with Gasteiger partial charge in [-0.25, -0.2) is 0 Å². The van der Waals surface area contributed by atoms with Gasteiger partial charge in [0, 0.05) is 46.6 Å². The molecule has 4 aromatic rings. The standard InChI is InChI=1S/C19H16ClN5O/c20-14-3-4-16-15(8-14)12(11-23-16)5-7-22-19(26)18-9-17(24-25-18)13-2-1-6-21-10-13/h1-4,6,8-11,23H,5,7H2,(H,22,26)(H,24,25). The number of aromatic nitrogens is 4. The average molecular weight is 366 g/mol. The highest BCUT2D eigenvalue weighted by molar-refractivity contribution is 6.31. The van der Waals surface area contributed by atoms with E-state index in [9.17, 15) is 4.79 Å². The van der Waals surface area contributed by atoms with E-state index in [0.29, 0.717) is 29.4 Å². The molecular weight excluding hydrogens is 350 g/mol. The van der Waals surface area contributed by atoms with E-state index >= 15 is 0 Å². The van der Waals surface area contributed by atoms with Crippen LogP contribution in [0.3, 0.4) is 0 Å². The van der Waals surface area contributed by atoms with Gasteiger partial charge in [0.25, 0.3) is 5.91 Å². The number of fused-ring (bicyclic) bond motifs is 1. The van der Waals surface area contributed by atoms with E-state index in [4.69, 9.17) is 11.6 Å². The summed E-state index contributed by atoms with van der Waals surface area (Å²) >= 11 is 6.07. The van der Waals surface area contributed by atoms with Crippen LogP contribution < -0.4 is 5.32 Å². The number of rotatable bonds is 5. The lowest BCUT2D eigenvalue weighted by Gasteiger charge is -2.03. The Morgan fingerprint density at radius 2 is 2.15 bits per heavy atom. The second-order valence-corrected chi connectivity index (χ2v) is 6.35. The summed E-state index contributed by atoms with van der Waals surface area (Å²) in [6.45, 7) is 0.513. The van der Waals surface area contributed by atoms with Crippen LogP contribution in [-0.2, 0) is 6.42 Å². The van der Waals surface area contributed by atoms with E-state index in [0.717, 1.165) is 22.0 Å². The normalized spacial score (nSPS) is 11.0. The molecule has 0 aliphatic carbocycles. The molecule has 0 aliphatic rings. The highest BCUT2D eigenvalue weighted by Gasteiger charge is 2.11. The molecule has 6 nitrogen and oxygen atoms in total. The van der Waals surface area contributed by atoms with Crippen LogP contribution in [0.15, 0.2) is 55.0 Å². The zero-order valence-corrected chi connectivity index (χ0v) is 14.5. The van der Waals surface area contributed by atoms with E-state index in [1.165, 1.54) is 0 Å². The van der Waals surface area contributed by atoms with Crippen molar-refractivity contribution >= 4 is 28.4 Å². The van der Waals surface area contributed by atoms with Gasteiger partial charge >= 0.3 is 0 Å². The molecule has 0 atom stereocenters. The zero-order valence-electron chi connectivity index (χ0n) is 13.8. The Morgan fingerprint density at radius 3 is 3.00 bits per heavy atom. The molecule has 0 radical (unpaired) electrons. The summed E-state index contributed by atoms with van der Waals surface area (Å²) in [5.74, 6) is -0.189. The Balaban J connectivity index is 1.40. The second-order valence-electron chi connectivity index (χ2n) is 5.92. The third kappa shape index (κ3) is 3.32. The number of amides is 1. The monoisotopic (exact) mass is 365 g/mol. The molecule has 0 spiro atoms. The average Bonchev–Trinajstić information content (AvgIpc) is 3.30. The first-order valence-corrected chi connectivity index (χ1v) is 8.58. The number of aromatic amines is 2. The fourth-order valence-corrected chi connectivity index (χ4v) is 3.04. The Bertz CT molecular complexity index is 1050. The van der Waals surface area contributed by atoms with E-state index in [-0.39, 0.29) is 5.91 Å². The first-order valence-electron chi connectivity index (χ1n) is 8.20. The lowest BCUT2D eigenvalue weighted by molar-refractivity contribution is 0.0949.